The lowest BCUT2D eigenvalue weighted by Gasteiger charge is -2.28. The Morgan fingerprint density at radius 3 is 2.15 bits per heavy atom. The molecule has 1 unspecified atom stereocenters. The highest BCUT2D eigenvalue weighted by atomic mass is 79.9. The third-order valence-electron chi connectivity index (χ3n) is 4.40. The molecule has 0 spiro atoms. The lowest BCUT2D eigenvalue weighted by atomic mass is 9.87. The number of imide groups is 1. The fraction of sp³-hybridized carbons (Fsp3) is 0.500. The fourth-order valence-electron chi connectivity index (χ4n) is 3.22. The van der Waals surface area contributed by atoms with Gasteiger partial charge in [0.05, 0.1) is 11.1 Å². The van der Waals surface area contributed by atoms with Crippen LogP contribution in [0.25, 0.3) is 0 Å². The van der Waals surface area contributed by atoms with Crippen molar-refractivity contribution in [2.75, 3.05) is 6.54 Å². The Balaban J connectivity index is 1.73. The van der Waals surface area contributed by atoms with E-state index in [4.69, 9.17) is 0 Å². The van der Waals surface area contributed by atoms with Crippen LogP contribution >= 0.6 is 15.9 Å². The zero-order valence-corrected chi connectivity index (χ0v) is 12.9. The van der Waals surface area contributed by atoms with Crippen molar-refractivity contribution in [3.63, 3.8) is 0 Å². The molecule has 1 aliphatic carbocycles. The molecule has 3 nitrogen and oxygen atoms in total. The van der Waals surface area contributed by atoms with Crippen molar-refractivity contribution >= 4 is 27.7 Å². The lowest BCUT2D eigenvalue weighted by Crippen LogP contribution is -2.38. The van der Waals surface area contributed by atoms with Gasteiger partial charge in [-0.25, -0.2) is 0 Å². The molecule has 1 aromatic rings. The Morgan fingerprint density at radius 2 is 1.60 bits per heavy atom. The topological polar surface area (TPSA) is 37.4 Å². The molecule has 20 heavy (non-hydrogen) atoms. The Bertz CT molecular complexity index is 502. The highest BCUT2D eigenvalue weighted by Gasteiger charge is 2.37. The van der Waals surface area contributed by atoms with Crippen LogP contribution in [0.1, 0.15) is 52.8 Å². The molecule has 1 saturated carbocycles. The molecule has 1 aliphatic heterocycles. The van der Waals surface area contributed by atoms with Crippen molar-refractivity contribution in [3.8, 4) is 0 Å². The molecule has 106 valence electrons. The zero-order valence-electron chi connectivity index (χ0n) is 11.3. The van der Waals surface area contributed by atoms with Gasteiger partial charge in [-0.15, -0.1) is 0 Å². The van der Waals surface area contributed by atoms with Gasteiger partial charge in [-0.1, -0.05) is 47.3 Å². The van der Waals surface area contributed by atoms with Gasteiger partial charge in [0.2, 0.25) is 0 Å². The van der Waals surface area contributed by atoms with E-state index in [-0.39, 0.29) is 16.6 Å². The SMILES string of the molecule is O=C1c2ccccc2C(=O)N1CC(Br)C1CCCCC1. The van der Waals surface area contributed by atoms with Gasteiger partial charge in [0.15, 0.2) is 0 Å². The van der Waals surface area contributed by atoms with E-state index in [1.54, 1.807) is 24.3 Å². The van der Waals surface area contributed by atoms with Gasteiger partial charge in [0.1, 0.15) is 0 Å². The molecule has 0 bridgehead atoms. The van der Waals surface area contributed by atoms with E-state index in [0.717, 1.165) is 0 Å². The minimum absolute atomic E-state index is 0.147. The number of amides is 2. The molecule has 4 heteroatoms. The second-order valence-corrected chi connectivity index (χ2v) is 6.86. The van der Waals surface area contributed by atoms with Crippen LogP contribution in [-0.2, 0) is 0 Å². The maximum atomic E-state index is 12.3. The molecule has 0 saturated heterocycles. The predicted octanol–water partition coefficient (Wildman–Crippen LogP) is 3.63. The number of benzene rings is 1. The number of hydrogen-bond donors (Lipinski definition) is 0. The van der Waals surface area contributed by atoms with Crippen LogP contribution in [0.5, 0.6) is 0 Å². The molecule has 0 radical (unpaired) electrons. The van der Waals surface area contributed by atoms with Crippen molar-refractivity contribution in [3.05, 3.63) is 35.4 Å². The first-order valence-corrected chi connectivity index (χ1v) is 8.19. The summed E-state index contributed by atoms with van der Waals surface area (Å²) in [6.07, 6.45) is 6.21. The van der Waals surface area contributed by atoms with Crippen molar-refractivity contribution < 1.29 is 9.59 Å². The average molecular weight is 336 g/mol. The summed E-state index contributed by atoms with van der Waals surface area (Å²) in [5, 5.41) is 0. The first-order chi connectivity index (χ1) is 9.68. The number of fused-ring (bicyclic) bond motifs is 1. The molecule has 0 N–H and O–H groups in total. The van der Waals surface area contributed by atoms with E-state index in [0.29, 0.717) is 23.6 Å². The first kappa shape index (κ1) is 13.8. The first-order valence-electron chi connectivity index (χ1n) is 7.28. The van der Waals surface area contributed by atoms with Crippen LogP contribution in [0.4, 0.5) is 0 Å². The molecule has 3 rings (SSSR count). The van der Waals surface area contributed by atoms with Gasteiger partial charge in [-0.3, -0.25) is 14.5 Å². The van der Waals surface area contributed by atoms with Gasteiger partial charge in [-0.05, 0) is 30.9 Å². The summed E-state index contributed by atoms with van der Waals surface area (Å²) < 4.78 is 0. The van der Waals surface area contributed by atoms with E-state index in [9.17, 15) is 9.59 Å². The van der Waals surface area contributed by atoms with Crippen LogP contribution < -0.4 is 0 Å². The molecular weight excluding hydrogens is 318 g/mol. The largest absolute Gasteiger partial charge is 0.273 e. The number of alkyl halides is 1. The third kappa shape index (κ3) is 2.41. The zero-order chi connectivity index (χ0) is 14.1. The maximum Gasteiger partial charge on any atom is 0.261 e. The van der Waals surface area contributed by atoms with E-state index < -0.39 is 0 Å². The molecular formula is C16H18BrNO2. The molecule has 0 aromatic heterocycles. The average Bonchev–Trinajstić information content (AvgIpc) is 2.74. The van der Waals surface area contributed by atoms with Gasteiger partial charge in [0.25, 0.3) is 11.8 Å². The summed E-state index contributed by atoms with van der Waals surface area (Å²) in [4.78, 5) is 26.2. The molecule has 1 heterocycles. The molecule has 1 atom stereocenters. The summed E-state index contributed by atoms with van der Waals surface area (Å²) in [5.74, 6) is 0.282. The summed E-state index contributed by atoms with van der Waals surface area (Å²) in [7, 11) is 0. The minimum Gasteiger partial charge on any atom is -0.273 e. The van der Waals surface area contributed by atoms with Gasteiger partial charge in [-0.2, -0.15) is 0 Å². The van der Waals surface area contributed by atoms with Crippen LogP contribution in [0.3, 0.4) is 0 Å². The smallest absolute Gasteiger partial charge is 0.261 e. The monoisotopic (exact) mass is 335 g/mol. The van der Waals surface area contributed by atoms with Crippen LogP contribution in [0, 0.1) is 5.92 Å². The number of nitrogens with zero attached hydrogens (tertiary/aromatic N) is 1. The van der Waals surface area contributed by atoms with Crippen LogP contribution in [0.2, 0.25) is 0 Å². The van der Waals surface area contributed by atoms with Crippen molar-refractivity contribution in [2.45, 2.75) is 36.9 Å². The van der Waals surface area contributed by atoms with Gasteiger partial charge in [0, 0.05) is 11.4 Å². The van der Waals surface area contributed by atoms with E-state index >= 15 is 0 Å². The van der Waals surface area contributed by atoms with Gasteiger partial charge < -0.3 is 0 Å². The Hall–Kier alpha value is -1.16. The Morgan fingerprint density at radius 1 is 1.05 bits per heavy atom. The fourth-order valence-corrected chi connectivity index (χ4v) is 4.04. The Kier molecular flexibility index (Phi) is 3.92. The summed E-state index contributed by atoms with van der Waals surface area (Å²) >= 11 is 3.70. The summed E-state index contributed by atoms with van der Waals surface area (Å²) in [6.45, 7) is 0.483. The molecule has 1 fully saturated rings. The number of carbonyl (C=O) groups is 2. The van der Waals surface area contributed by atoms with Crippen molar-refractivity contribution in [2.24, 2.45) is 5.92 Å². The molecule has 2 amide bonds. The Labute approximate surface area is 127 Å². The van der Waals surface area contributed by atoms with Crippen LogP contribution in [-0.4, -0.2) is 28.1 Å². The van der Waals surface area contributed by atoms with Crippen molar-refractivity contribution in [1.29, 1.82) is 0 Å². The highest BCUT2D eigenvalue weighted by molar-refractivity contribution is 9.09. The molecule has 1 aromatic carbocycles. The second-order valence-electron chi connectivity index (χ2n) is 5.68. The van der Waals surface area contributed by atoms with E-state index in [1.807, 2.05) is 0 Å². The summed E-state index contributed by atoms with van der Waals surface area (Å²) in [5.41, 5.74) is 1.08. The quantitative estimate of drug-likeness (QED) is 0.624. The van der Waals surface area contributed by atoms with Crippen molar-refractivity contribution in [1.82, 2.24) is 4.90 Å². The highest BCUT2D eigenvalue weighted by Crippen LogP contribution is 2.32. The van der Waals surface area contributed by atoms with E-state index in [2.05, 4.69) is 15.9 Å². The predicted molar refractivity (Wildman–Crippen MR) is 81.1 cm³/mol. The number of carbonyl (C=O) groups excluding carboxylic acids is 2. The number of hydrogen-bond acceptors (Lipinski definition) is 2. The number of halogens is 1. The van der Waals surface area contributed by atoms with Crippen LogP contribution in [0.15, 0.2) is 24.3 Å². The van der Waals surface area contributed by atoms with Gasteiger partial charge >= 0.3 is 0 Å². The second kappa shape index (κ2) is 5.68. The number of rotatable bonds is 3. The third-order valence-corrected chi connectivity index (χ3v) is 5.43. The maximum absolute atomic E-state index is 12.3. The normalized spacial score (nSPS) is 21.1. The minimum atomic E-state index is -0.147. The lowest BCUT2D eigenvalue weighted by molar-refractivity contribution is 0.0646. The molecule has 2 aliphatic rings. The summed E-state index contributed by atoms with van der Waals surface area (Å²) in [6, 6.07) is 7.08. The van der Waals surface area contributed by atoms with E-state index in [1.165, 1.54) is 37.0 Å². The standard InChI is InChI=1S/C16H18BrNO2/c17-14(11-6-2-1-3-7-11)10-18-15(19)12-8-4-5-9-13(12)16(18)20/h4-5,8-9,11,14H,1-3,6-7,10H2.